The highest BCUT2D eigenvalue weighted by atomic mass is 16.5. The fraction of sp³-hybridized carbons (Fsp3) is 0.188. The lowest BCUT2D eigenvalue weighted by atomic mass is 10.0. The van der Waals surface area contributed by atoms with Crippen LogP contribution < -0.4 is 0 Å². The first-order valence-corrected chi connectivity index (χ1v) is 6.55. The number of H-pyrrole nitrogens is 1. The van der Waals surface area contributed by atoms with Crippen LogP contribution in [0.5, 0.6) is 0 Å². The SMILES string of the molecule is c1ccc2cc(-c3n[nH]c4c3COCC4)ccc2c1. The molecule has 0 bridgehead atoms. The van der Waals surface area contributed by atoms with Gasteiger partial charge in [0.1, 0.15) is 0 Å². The highest BCUT2D eigenvalue weighted by Gasteiger charge is 2.18. The Labute approximate surface area is 111 Å². The largest absolute Gasteiger partial charge is 0.376 e. The van der Waals surface area contributed by atoms with Gasteiger partial charge in [-0.2, -0.15) is 5.10 Å². The molecule has 0 atom stereocenters. The third-order valence-corrected chi connectivity index (χ3v) is 3.72. The van der Waals surface area contributed by atoms with Crippen molar-refractivity contribution < 1.29 is 4.74 Å². The van der Waals surface area contributed by atoms with E-state index < -0.39 is 0 Å². The number of ether oxygens (including phenoxy) is 1. The maximum absolute atomic E-state index is 5.54. The molecule has 3 nitrogen and oxygen atoms in total. The fourth-order valence-electron chi connectivity index (χ4n) is 2.69. The number of nitrogens with one attached hydrogen (secondary N) is 1. The van der Waals surface area contributed by atoms with Crippen LogP contribution in [0.4, 0.5) is 0 Å². The normalized spacial score (nSPS) is 14.5. The van der Waals surface area contributed by atoms with Gasteiger partial charge in [0.2, 0.25) is 0 Å². The molecule has 1 N–H and O–H groups in total. The third kappa shape index (κ3) is 1.74. The molecule has 0 saturated heterocycles. The van der Waals surface area contributed by atoms with Crippen molar-refractivity contribution in [2.24, 2.45) is 0 Å². The van der Waals surface area contributed by atoms with Crippen LogP contribution >= 0.6 is 0 Å². The average Bonchev–Trinajstić information content (AvgIpc) is 2.91. The van der Waals surface area contributed by atoms with Crippen molar-refractivity contribution in [1.82, 2.24) is 10.2 Å². The van der Waals surface area contributed by atoms with Gasteiger partial charge < -0.3 is 4.74 Å². The molecule has 2 heterocycles. The molecule has 94 valence electrons. The summed E-state index contributed by atoms with van der Waals surface area (Å²) in [5.74, 6) is 0. The van der Waals surface area contributed by atoms with Gasteiger partial charge in [0.15, 0.2) is 0 Å². The van der Waals surface area contributed by atoms with Crippen LogP contribution in [-0.2, 0) is 17.8 Å². The van der Waals surface area contributed by atoms with Crippen LogP contribution in [0, 0.1) is 0 Å². The zero-order valence-corrected chi connectivity index (χ0v) is 10.5. The van der Waals surface area contributed by atoms with Crippen LogP contribution in [0.2, 0.25) is 0 Å². The van der Waals surface area contributed by atoms with Crippen molar-refractivity contribution in [3.8, 4) is 11.3 Å². The minimum atomic E-state index is 0.661. The Kier molecular flexibility index (Phi) is 2.38. The van der Waals surface area contributed by atoms with Gasteiger partial charge in [-0.3, -0.25) is 5.10 Å². The second kappa shape index (κ2) is 4.21. The zero-order valence-electron chi connectivity index (χ0n) is 10.5. The summed E-state index contributed by atoms with van der Waals surface area (Å²) in [6, 6.07) is 14.9. The molecule has 0 saturated carbocycles. The summed E-state index contributed by atoms with van der Waals surface area (Å²) in [6.45, 7) is 1.44. The monoisotopic (exact) mass is 250 g/mol. The number of benzene rings is 2. The Morgan fingerprint density at radius 3 is 2.89 bits per heavy atom. The Hall–Kier alpha value is -2.13. The minimum absolute atomic E-state index is 0.661. The zero-order chi connectivity index (χ0) is 12.7. The van der Waals surface area contributed by atoms with Crippen molar-refractivity contribution in [2.45, 2.75) is 13.0 Å². The number of fused-ring (bicyclic) bond motifs is 2. The standard InChI is InChI=1S/C16H14N2O/c1-2-4-12-9-13(6-5-11(12)3-1)16-14-10-19-8-7-15(14)17-18-16/h1-6,9H,7-8,10H2,(H,17,18). The number of hydrogen-bond donors (Lipinski definition) is 1. The summed E-state index contributed by atoms with van der Waals surface area (Å²) in [4.78, 5) is 0. The molecule has 4 rings (SSSR count). The second-order valence-corrected chi connectivity index (χ2v) is 4.89. The first kappa shape index (κ1) is 10.8. The molecule has 0 unspecified atom stereocenters. The molecule has 0 radical (unpaired) electrons. The van der Waals surface area contributed by atoms with Gasteiger partial charge in [0.05, 0.1) is 18.9 Å². The van der Waals surface area contributed by atoms with Crippen LogP contribution in [0.25, 0.3) is 22.0 Å². The van der Waals surface area contributed by atoms with E-state index in [0.717, 1.165) is 24.3 Å². The van der Waals surface area contributed by atoms with Crippen LogP contribution in [-0.4, -0.2) is 16.8 Å². The summed E-state index contributed by atoms with van der Waals surface area (Å²) in [5.41, 5.74) is 4.61. The van der Waals surface area contributed by atoms with Gasteiger partial charge in [0, 0.05) is 23.2 Å². The molecule has 1 aromatic heterocycles. The van der Waals surface area contributed by atoms with Crippen LogP contribution in [0.3, 0.4) is 0 Å². The van der Waals surface area contributed by atoms with Gasteiger partial charge in [0.25, 0.3) is 0 Å². The number of aromatic amines is 1. The lowest BCUT2D eigenvalue weighted by molar-refractivity contribution is 0.110. The van der Waals surface area contributed by atoms with Crippen molar-refractivity contribution >= 4 is 10.8 Å². The Morgan fingerprint density at radius 2 is 1.95 bits per heavy atom. The predicted molar refractivity (Wildman–Crippen MR) is 74.9 cm³/mol. The second-order valence-electron chi connectivity index (χ2n) is 4.89. The average molecular weight is 250 g/mol. The van der Waals surface area contributed by atoms with E-state index in [1.165, 1.54) is 22.0 Å². The van der Waals surface area contributed by atoms with Crippen molar-refractivity contribution in [3.05, 3.63) is 53.7 Å². The molecule has 0 fully saturated rings. The maximum atomic E-state index is 5.54. The molecule has 2 aromatic carbocycles. The summed E-state index contributed by atoms with van der Waals surface area (Å²) in [6.07, 6.45) is 0.927. The maximum Gasteiger partial charge on any atom is 0.0979 e. The molecule has 1 aliphatic heterocycles. The smallest absolute Gasteiger partial charge is 0.0979 e. The number of nitrogens with zero attached hydrogens (tertiary/aromatic N) is 1. The molecular weight excluding hydrogens is 236 g/mol. The summed E-state index contributed by atoms with van der Waals surface area (Å²) in [5, 5.41) is 10.1. The van der Waals surface area contributed by atoms with Crippen LogP contribution in [0.1, 0.15) is 11.3 Å². The first-order chi connectivity index (χ1) is 9.42. The van der Waals surface area contributed by atoms with E-state index in [0.29, 0.717) is 6.61 Å². The van der Waals surface area contributed by atoms with Crippen LogP contribution in [0.15, 0.2) is 42.5 Å². The number of hydrogen-bond acceptors (Lipinski definition) is 2. The van der Waals surface area contributed by atoms with E-state index >= 15 is 0 Å². The molecule has 3 aromatic rings. The topological polar surface area (TPSA) is 37.9 Å². The summed E-state index contributed by atoms with van der Waals surface area (Å²) < 4.78 is 5.54. The molecule has 19 heavy (non-hydrogen) atoms. The van der Waals surface area contributed by atoms with Gasteiger partial charge in [-0.15, -0.1) is 0 Å². The quantitative estimate of drug-likeness (QED) is 0.719. The Morgan fingerprint density at radius 1 is 1.05 bits per heavy atom. The van der Waals surface area contributed by atoms with E-state index in [2.05, 4.69) is 52.7 Å². The Balaban J connectivity index is 1.88. The third-order valence-electron chi connectivity index (χ3n) is 3.72. The molecular formula is C16H14N2O. The van der Waals surface area contributed by atoms with E-state index in [9.17, 15) is 0 Å². The summed E-state index contributed by atoms with van der Waals surface area (Å²) >= 11 is 0. The lowest BCUT2D eigenvalue weighted by Crippen LogP contribution is -2.08. The van der Waals surface area contributed by atoms with E-state index in [4.69, 9.17) is 4.74 Å². The first-order valence-electron chi connectivity index (χ1n) is 6.55. The molecule has 3 heteroatoms. The molecule has 0 amide bonds. The number of rotatable bonds is 1. The van der Waals surface area contributed by atoms with E-state index in [-0.39, 0.29) is 0 Å². The van der Waals surface area contributed by atoms with Gasteiger partial charge in [-0.05, 0) is 16.8 Å². The fourth-order valence-corrected chi connectivity index (χ4v) is 2.69. The highest BCUT2D eigenvalue weighted by Crippen LogP contribution is 2.29. The van der Waals surface area contributed by atoms with Gasteiger partial charge >= 0.3 is 0 Å². The van der Waals surface area contributed by atoms with E-state index in [1.807, 2.05) is 0 Å². The van der Waals surface area contributed by atoms with E-state index in [1.54, 1.807) is 0 Å². The Bertz CT molecular complexity index is 745. The van der Waals surface area contributed by atoms with Crippen molar-refractivity contribution in [3.63, 3.8) is 0 Å². The number of aromatic nitrogens is 2. The lowest BCUT2D eigenvalue weighted by Gasteiger charge is -2.12. The molecule has 0 spiro atoms. The molecule has 1 aliphatic rings. The van der Waals surface area contributed by atoms with Gasteiger partial charge in [-0.1, -0.05) is 36.4 Å². The van der Waals surface area contributed by atoms with Crippen molar-refractivity contribution in [1.29, 1.82) is 0 Å². The minimum Gasteiger partial charge on any atom is -0.376 e. The van der Waals surface area contributed by atoms with Crippen molar-refractivity contribution in [2.75, 3.05) is 6.61 Å². The predicted octanol–water partition coefficient (Wildman–Crippen LogP) is 3.30. The highest BCUT2D eigenvalue weighted by molar-refractivity contribution is 5.87. The summed E-state index contributed by atoms with van der Waals surface area (Å²) in [7, 11) is 0. The molecule has 0 aliphatic carbocycles. The van der Waals surface area contributed by atoms with Gasteiger partial charge in [-0.25, -0.2) is 0 Å².